The van der Waals surface area contributed by atoms with Crippen molar-refractivity contribution in [3.8, 4) is 0 Å². The van der Waals surface area contributed by atoms with E-state index in [1.165, 1.54) is 0 Å². The molecule has 18 heavy (non-hydrogen) atoms. The Labute approximate surface area is 112 Å². The second-order valence-electron chi connectivity index (χ2n) is 3.85. The molecule has 0 aromatic heterocycles. The van der Waals surface area contributed by atoms with E-state index in [0.717, 1.165) is 12.1 Å². The Bertz CT molecular complexity index is 417. The lowest BCUT2D eigenvalue weighted by Crippen LogP contribution is -2.28. The molecule has 100 valence electrons. The van der Waals surface area contributed by atoms with Crippen molar-refractivity contribution < 1.29 is 18.7 Å². The Kier molecular flexibility index (Phi) is 5.68. The average Bonchev–Trinajstić information content (AvgIpc) is 2.27. The highest BCUT2D eigenvalue weighted by Crippen LogP contribution is 2.19. The van der Waals surface area contributed by atoms with Crippen LogP contribution in [0.15, 0.2) is 16.6 Å². The third-order valence-corrected chi connectivity index (χ3v) is 2.93. The minimum absolute atomic E-state index is 0.169. The van der Waals surface area contributed by atoms with Gasteiger partial charge in [0.2, 0.25) is 0 Å². The van der Waals surface area contributed by atoms with Crippen LogP contribution in [-0.4, -0.2) is 23.7 Å². The molecular formula is C12H14BrF2NO2. The highest BCUT2D eigenvalue weighted by atomic mass is 79.9. The maximum atomic E-state index is 13.4. The van der Waals surface area contributed by atoms with Crippen LogP contribution >= 0.6 is 15.9 Å². The number of halogens is 3. The summed E-state index contributed by atoms with van der Waals surface area (Å²) >= 11 is 2.93. The summed E-state index contributed by atoms with van der Waals surface area (Å²) in [6.07, 6.45) is 0.392. The molecule has 0 spiro atoms. The molecule has 0 heterocycles. The van der Waals surface area contributed by atoms with Crippen molar-refractivity contribution in [3.63, 3.8) is 0 Å². The van der Waals surface area contributed by atoms with Crippen molar-refractivity contribution in [1.29, 1.82) is 0 Å². The zero-order chi connectivity index (χ0) is 13.7. The minimum atomic E-state index is -0.921. The van der Waals surface area contributed by atoms with Gasteiger partial charge < -0.3 is 10.4 Å². The van der Waals surface area contributed by atoms with Crippen LogP contribution in [0.3, 0.4) is 0 Å². The summed E-state index contributed by atoms with van der Waals surface area (Å²) in [7, 11) is 0. The molecule has 0 aliphatic rings. The van der Waals surface area contributed by atoms with Crippen LogP contribution in [0.5, 0.6) is 0 Å². The number of carbonyl (C=O) groups excluding carboxylic acids is 1. The number of rotatable bonds is 5. The van der Waals surface area contributed by atoms with E-state index in [0.29, 0.717) is 12.8 Å². The first-order valence-electron chi connectivity index (χ1n) is 5.56. The van der Waals surface area contributed by atoms with Gasteiger partial charge >= 0.3 is 0 Å². The lowest BCUT2D eigenvalue weighted by atomic mass is 10.1. The summed E-state index contributed by atoms with van der Waals surface area (Å²) in [6, 6.07) is 2.05. The number of nitrogens with one attached hydrogen (secondary N) is 1. The molecule has 0 saturated carbocycles. The largest absolute Gasteiger partial charge is 0.393 e. The molecule has 6 heteroatoms. The van der Waals surface area contributed by atoms with Crippen molar-refractivity contribution in [2.24, 2.45) is 0 Å². The SMILES string of the molecule is CCC(O)CCNC(=O)c1c(F)cc(Br)cc1F. The first kappa shape index (κ1) is 15.0. The van der Waals surface area contributed by atoms with Gasteiger partial charge in [0.1, 0.15) is 17.2 Å². The number of hydrogen-bond acceptors (Lipinski definition) is 2. The second-order valence-corrected chi connectivity index (χ2v) is 4.77. The predicted molar refractivity (Wildman–Crippen MR) is 67.3 cm³/mol. The molecular weight excluding hydrogens is 308 g/mol. The minimum Gasteiger partial charge on any atom is -0.393 e. The Morgan fingerprint density at radius 1 is 1.44 bits per heavy atom. The summed E-state index contributed by atoms with van der Waals surface area (Å²) in [5.41, 5.74) is -0.607. The van der Waals surface area contributed by atoms with Gasteiger partial charge in [-0.05, 0) is 25.0 Å². The molecule has 1 unspecified atom stereocenters. The van der Waals surface area contributed by atoms with E-state index >= 15 is 0 Å². The van der Waals surface area contributed by atoms with Gasteiger partial charge in [-0.2, -0.15) is 0 Å². The van der Waals surface area contributed by atoms with E-state index in [9.17, 15) is 18.7 Å². The number of amides is 1. The molecule has 0 saturated heterocycles. The van der Waals surface area contributed by atoms with E-state index in [-0.39, 0.29) is 11.0 Å². The lowest BCUT2D eigenvalue weighted by Gasteiger charge is -2.10. The molecule has 1 aromatic carbocycles. The third kappa shape index (κ3) is 4.03. The summed E-state index contributed by atoms with van der Waals surface area (Å²) < 4.78 is 27.1. The highest BCUT2D eigenvalue weighted by molar-refractivity contribution is 9.10. The predicted octanol–water partition coefficient (Wildman–Crippen LogP) is 2.62. The van der Waals surface area contributed by atoms with Crippen LogP contribution in [0.4, 0.5) is 8.78 Å². The fraction of sp³-hybridized carbons (Fsp3) is 0.417. The van der Waals surface area contributed by atoms with Crippen molar-refractivity contribution in [3.05, 3.63) is 33.8 Å². The molecule has 0 aliphatic carbocycles. The van der Waals surface area contributed by atoms with Crippen molar-refractivity contribution >= 4 is 21.8 Å². The average molecular weight is 322 g/mol. The number of carbonyl (C=O) groups is 1. The van der Waals surface area contributed by atoms with E-state index in [4.69, 9.17) is 0 Å². The molecule has 0 bridgehead atoms. The van der Waals surface area contributed by atoms with Crippen molar-refractivity contribution in [1.82, 2.24) is 5.32 Å². The van der Waals surface area contributed by atoms with Gasteiger partial charge in [-0.25, -0.2) is 8.78 Å². The van der Waals surface area contributed by atoms with Gasteiger partial charge in [-0.1, -0.05) is 22.9 Å². The maximum absolute atomic E-state index is 13.4. The summed E-state index contributed by atoms with van der Waals surface area (Å²) in [4.78, 5) is 11.6. The quantitative estimate of drug-likeness (QED) is 0.875. The Morgan fingerprint density at radius 3 is 2.50 bits per heavy atom. The lowest BCUT2D eigenvalue weighted by molar-refractivity contribution is 0.0933. The number of aliphatic hydroxyl groups excluding tert-OH is 1. The molecule has 1 aromatic rings. The van der Waals surface area contributed by atoms with Gasteiger partial charge in [-0.3, -0.25) is 4.79 Å². The molecule has 1 atom stereocenters. The summed E-state index contributed by atoms with van der Waals surface area (Å²) in [5.74, 6) is -2.66. The third-order valence-electron chi connectivity index (χ3n) is 2.47. The van der Waals surface area contributed by atoms with Gasteiger partial charge in [0.05, 0.1) is 6.10 Å². The molecule has 3 nitrogen and oxygen atoms in total. The second kappa shape index (κ2) is 6.80. The van der Waals surface area contributed by atoms with Crippen LogP contribution < -0.4 is 5.32 Å². The first-order valence-corrected chi connectivity index (χ1v) is 6.35. The Balaban J connectivity index is 2.67. The van der Waals surface area contributed by atoms with Gasteiger partial charge in [-0.15, -0.1) is 0 Å². The highest BCUT2D eigenvalue weighted by Gasteiger charge is 2.18. The zero-order valence-electron chi connectivity index (χ0n) is 9.84. The zero-order valence-corrected chi connectivity index (χ0v) is 11.4. The fourth-order valence-electron chi connectivity index (χ4n) is 1.40. The Hall–Kier alpha value is -1.01. The van der Waals surface area contributed by atoms with Gasteiger partial charge in [0.25, 0.3) is 5.91 Å². The monoisotopic (exact) mass is 321 g/mol. The van der Waals surface area contributed by atoms with Crippen molar-refractivity contribution in [2.45, 2.75) is 25.9 Å². The first-order chi connectivity index (χ1) is 8.45. The van der Waals surface area contributed by atoms with Crippen molar-refractivity contribution in [2.75, 3.05) is 6.54 Å². The molecule has 0 fully saturated rings. The molecule has 1 amide bonds. The normalized spacial score (nSPS) is 12.3. The van der Waals surface area contributed by atoms with E-state index < -0.39 is 29.2 Å². The molecule has 0 radical (unpaired) electrons. The summed E-state index contributed by atoms with van der Waals surface area (Å²) in [5, 5.41) is 11.7. The molecule has 2 N–H and O–H groups in total. The standard InChI is InChI=1S/C12H14BrF2NO2/c1-2-8(17)3-4-16-12(18)11-9(14)5-7(13)6-10(11)15/h5-6,8,17H,2-4H2,1H3,(H,16,18). The summed E-state index contributed by atoms with van der Waals surface area (Å²) in [6.45, 7) is 1.98. The number of hydrogen-bond donors (Lipinski definition) is 2. The van der Waals surface area contributed by atoms with Crippen LogP contribution in [0.25, 0.3) is 0 Å². The van der Waals surface area contributed by atoms with Crippen LogP contribution in [0.1, 0.15) is 30.1 Å². The van der Waals surface area contributed by atoms with E-state index in [1.54, 1.807) is 6.92 Å². The van der Waals surface area contributed by atoms with Crippen LogP contribution in [0, 0.1) is 11.6 Å². The molecule has 0 aliphatic heterocycles. The van der Waals surface area contributed by atoms with Crippen LogP contribution in [0.2, 0.25) is 0 Å². The van der Waals surface area contributed by atoms with Crippen LogP contribution in [-0.2, 0) is 0 Å². The van der Waals surface area contributed by atoms with E-state index in [1.807, 2.05) is 0 Å². The Morgan fingerprint density at radius 2 is 2.00 bits per heavy atom. The smallest absolute Gasteiger partial charge is 0.257 e. The topological polar surface area (TPSA) is 49.3 Å². The maximum Gasteiger partial charge on any atom is 0.257 e. The van der Waals surface area contributed by atoms with E-state index in [2.05, 4.69) is 21.2 Å². The fourth-order valence-corrected chi connectivity index (χ4v) is 1.81. The van der Waals surface area contributed by atoms with Gasteiger partial charge in [0.15, 0.2) is 0 Å². The number of aliphatic hydroxyl groups is 1. The molecule has 1 rings (SSSR count). The number of benzene rings is 1. The van der Waals surface area contributed by atoms with Gasteiger partial charge in [0, 0.05) is 11.0 Å².